The van der Waals surface area contributed by atoms with Gasteiger partial charge in [-0.25, -0.2) is 8.78 Å². The summed E-state index contributed by atoms with van der Waals surface area (Å²) in [5, 5.41) is 3.62. The van der Waals surface area contributed by atoms with Crippen LogP contribution in [0.4, 0.5) is 8.78 Å². The molecule has 0 spiro atoms. The summed E-state index contributed by atoms with van der Waals surface area (Å²) in [6.07, 6.45) is 0.294. The number of hydrogen-bond acceptors (Lipinski definition) is 3. The Morgan fingerprint density at radius 1 is 1.44 bits per heavy atom. The number of nitrogens with zero attached hydrogens (tertiary/aromatic N) is 1. The minimum atomic E-state index is -0.767. The fraction of sp³-hybridized carbons (Fsp3) is 0.273. The molecule has 1 heterocycles. The largest absolute Gasteiger partial charge is 0.387 e. The van der Waals surface area contributed by atoms with E-state index in [0.29, 0.717) is 12.0 Å². The summed E-state index contributed by atoms with van der Waals surface area (Å²) in [7, 11) is 0. The summed E-state index contributed by atoms with van der Waals surface area (Å²) in [6, 6.07) is 3.62. The molecule has 16 heavy (non-hydrogen) atoms. The van der Waals surface area contributed by atoms with Crippen molar-refractivity contribution < 1.29 is 18.4 Å². The lowest BCUT2D eigenvalue weighted by Gasteiger charge is -2.10. The maximum Gasteiger partial charge on any atom is 0.163 e. The third-order valence-electron chi connectivity index (χ3n) is 2.37. The standard InChI is InChI=1S/C11H9F2NO2/c12-8-2-1-3-9(13)11(8)10-6-7(4-5-15)14-16-10/h1-3,5,10H,4,6H2. The van der Waals surface area contributed by atoms with E-state index in [-0.39, 0.29) is 18.4 Å². The van der Waals surface area contributed by atoms with Crippen molar-refractivity contribution in [1.29, 1.82) is 0 Å². The average Bonchev–Trinajstić information content (AvgIpc) is 2.67. The Morgan fingerprint density at radius 3 is 2.75 bits per heavy atom. The van der Waals surface area contributed by atoms with E-state index in [0.717, 1.165) is 0 Å². The lowest BCUT2D eigenvalue weighted by atomic mass is 10.0. The maximum atomic E-state index is 13.4. The molecule has 1 atom stereocenters. The molecule has 0 aromatic heterocycles. The van der Waals surface area contributed by atoms with Gasteiger partial charge in [0.25, 0.3) is 0 Å². The SMILES string of the molecule is O=CCC1=NOC(c2c(F)cccc2F)C1. The molecule has 1 aliphatic heterocycles. The molecular weight excluding hydrogens is 216 g/mol. The highest BCUT2D eigenvalue weighted by molar-refractivity contribution is 5.94. The monoisotopic (exact) mass is 225 g/mol. The van der Waals surface area contributed by atoms with Crippen LogP contribution < -0.4 is 0 Å². The van der Waals surface area contributed by atoms with Gasteiger partial charge in [0, 0.05) is 12.8 Å². The lowest BCUT2D eigenvalue weighted by molar-refractivity contribution is -0.106. The van der Waals surface area contributed by atoms with Gasteiger partial charge in [-0.1, -0.05) is 11.2 Å². The summed E-state index contributed by atoms with van der Waals surface area (Å²) >= 11 is 0. The second-order valence-electron chi connectivity index (χ2n) is 3.46. The third kappa shape index (κ3) is 1.93. The summed E-state index contributed by atoms with van der Waals surface area (Å²) in [5.41, 5.74) is 0.370. The quantitative estimate of drug-likeness (QED) is 0.741. The first-order valence-corrected chi connectivity index (χ1v) is 4.81. The highest BCUT2D eigenvalue weighted by Crippen LogP contribution is 2.31. The van der Waals surface area contributed by atoms with Crippen LogP contribution in [0.5, 0.6) is 0 Å². The maximum absolute atomic E-state index is 13.4. The second kappa shape index (κ2) is 4.38. The number of benzene rings is 1. The Labute approximate surface area is 90.7 Å². The van der Waals surface area contributed by atoms with Gasteiger partial charge in [-0.3, -0.25) is 0 Å². The molecule has 0 bridgehead atoms. The third-order valence-corrected chi connectivity index (χ3v) is 2.37. The van der Waals surface area contributed by atoms with Crippen LogP contribution in [0.1, 0.15) is 24.5 Å². The summed E-state index contributed by atoms with van der Waals surface area (Å²) in [4.78, 5) is 15.2. The van der Waals surface area contributed by atoms with Crippen LogP contribution in [0.2, 0.25) is 0 Å². The van der Waals surface area contributed by atoms with Gasteiger partial charge in [0.15, 0.2) is 6.10 Å². The Hall–Kier alpha value is -1.78. The fourth-order valence-electron chi connectivity index (χ4n) is 1.62. The van der Waals surface area contributed by atoms with Crippen molar-refractivity contribution in [3.05, 3.63) is 35.4 Å². The number of halogens is 2. The van der Waals surface area contributed by atoms with Gasteiger partial charge < -0.3 is 9.63 Å². The van der Waals surface area contributed by atoms with Crippen LogP contribution in [-0.4, -0.2) is 12.0 Å². The zero-order chi connectivity index (χ0) is 11.5. The molecule has 0 aliphatic carbocycles. The molecule has 2 rings (SSSR count). The molecule has 1 aromatic rings. The van der Waals surface area contributed by atoms with Crippen LogP contribution in [-0.2, 0) is 9.63 Å². The molecule has 3 nitrogen and oxygen atoms in total. The van der Waals surface area contributed by atoms with Gasteiger partial charge in [-0.15, -0.1) is 0 Å². The lowest BCUT2D eigenvalue weighted by Crippen LogP contribution is -2.05. The Kier molecular flexibility index (Phi) is 2.94. The van der Waals surface area contributed by atoms with Crippen LogP contribution in [0.3, 0.4) is 0 Å². The van der Waals surface area contributed by atoms with E-state index in [1.807, 2.05) is 0 Å². The number of oxime groups is 1. The zero-order valence-electron chi connectivity index (χ0n) is 8.32. The van der Waals surface area contributed by atoms with Crippen molar-refractivity contribution in [3.63, 3.8) is 0 Å². The number of rotatable bonds is 3. The van der Waals surface area contributed by atoms with Crippen LogP contribution in [0, 0.1) is 11.6 Å². The van der Waals surface area contributed by atoms with Crippen LogP contribution in [0.25, 0.3) is 0 Å². The molecule has 1 aromatic carbocycles. The van der Waals surface area contributed by atoms with Crippen molar-refractivity contribution in [2.45, 2.75) is 18.9 Å². The van der Waals surface area contributed by atoms with Crippen LogP contribution >= 0.6 is 0 Å². The van der Waals surface area contributed by atoms with E-state index in [4.69, 9.17) is 4.84 Å². The molecule has 0 saturated heterocycles. The van der Waals surface area contributed by atoms with E-state index >= 15 is 0 Å². The van der Waals surface area contributed by atoms with E-state index in [9.17, 15) is 13.6 Å². The minimum Gasteiger partial charge on any atom is -0.387 e. The number of aldehydes is 1. The number of carbonyl (C=O) groups is 1. The smallest absolute Gasteiger partial charge is 0.163 e. The zero-order valence-corrected chi connectivity index (χ0v) is 8.32. The first kappa shape index (κ1) is 10.7. The van der Waals surface area contributed by atoms with Crippen LogP contribution in [0.15, 0.2) is 23.4 Å². The van der Waals surface area contributed by atoms with E-state index in [1.165, 1.54) is 18.2 Å². The van der Waals surface area contributed by atoms with E-state index in [2.05, 4.69) is 5.16 Å². The van der Waals surface area contributed by atoms with Crippen molar-refractivity contribution in [2.75, 3.05) is 0 Å². The fourth-order valence-corrected chi connectivity index (χ4v) is 1.62. The second-order valence-corrected chi connectivity index (χ2v) is 3.46. The first-order valence-electron chi connectivity index (χ1n) is 4.81. The van der Waals surface area contributed by atoms with Gasteiger partial charge in [-0.2, -0.15) is 0 Å². The van der Waals surface area contributed by atoms with Crippen molar-refractivity contribution in [2.24, 2.45) is 5.16 Å². The van der Waals surface area contributed by atoms with E-state index in [1.54, 1.807) is 0 Å². The highest BCUT2D eigenvalue weighted by atomic mass is 19.1. The first-order chi connectivity index (χ1) is 7.72. The molecule has 84 valence electrons. The molecule has 0 amide bonds. The summed E-state index contributed by atoms with van der Waals surface area (Å²) in [5.74, 6) is -1.32. The van der Waals surface area contributed by atoms with Gasteiger partial charge >= 0.3 is 0 Å². The molecule has 1 unspecified atom stereocenters. The Bertz CT molecular complexity index is 425. The molecular formula is C11H9F2NO2. The van der Waals surface area contributed by atoms with Gasteiger partial charge in [0.1, 0.15) is 17.9 Å². The predicted molar refractivity (Wildman–Crippen MR) is 52.9 cm³/mol. The number of hydrogen-bond donors (Lipinski definition) is 0. The van der Waals surface area contributed by atoms with Gasteiger partial charge in [-0.05, 0) is 12.1 Å². The Morgan fingerprint density at radius 2 is 2.12 bits per heavy atom. The van der Waals surface area contributed by atoms with Crippen molar-refractivity contribution >= 4 is 12.0 Å². The minimum absolute atomic E-state index is 0.132. The summed E-state index contributed by atoms with van der Waals surface area (Å²) < 4.78 is 26.7. The van der Waals surface area contributed by atoms with Crippen molar-refractivity contribution in [3.8, 4) is 0 Å². The molecule has 0 fully saturated rings. The predicted octanol–water partition coefficient (Wildman–Crippen LogP) is 2.37. The molecule has 5 heteroatoms. The average molecular weight is 225 g/mol. The van der Waals surface area contributed by atoms with Gasteiger partial charge in [0.05, 0.1) is 11.3 Å². The molecule has 0 N–H and O–H groups in total. The molecule has 0 radical (unpaired) electrons. The van der Waals surface area contributed by atoms with Gasteiger partial charge in [0.2, 0.25) is 0 Å². The summed E-state index contributed by atoms with van der Waals surface area (Å²) in [6.45, 7) is 0. The normalized spacial score (nSPS) is 19.1. The highest BCUT2D eigenvalue weighted by Gasteiger charge is 2.27. The molecule has 0 saturated carbocycles. The number of carbonyl (C=O) groups excluding carboxylic acids is 1. The van der Waals surface area contributed by atoms with E-state index < -0.39 is 17.7 Å². The van der Waals surface area contributed by atoms with Crippen molar-refractivity contribution in [1.82, 2.24) is 0 Å². The Balaban J connectivity index is 2.19. The topological polar surface area (TPSA) is 38.7 Å². The molecule has 1 aliphatic rings.